The molecule has 0 N–H and O–H groups in total. The van der Waals surface area contributed by atoms with Crippen LogP contribution >= 0.6 is 11.6 Å². The summed E-state index contributed by atoms with van der Waals surface area (Å²) in [6, 6.07) is 7.27. The molecule has 0 saturated heterocycles. The van der Waals surface area contributed by atoms with E-state index in [1.807, 2.05) is 39.0 Å². The summed E-state index contributed by atoms with van der Waals surface area (Å²) in [5, 5.41) is 0.330. The maximum absolute atomic E-state index is 12.8. The minimum Gasteiger partial charge on any atom is -0.380 e. The predicted molar refractivity (Wildman–Crippen MR) is 86.1 cm³/mol. The van der Waals surface area contributed by atoms with E-state index in [1.165, 1.54) is 0 Å². The summed E-state index contributed by atoms with van der Waals surface area (Å²) >= 11 is 6.38. The van der Waals surface area contributed by atoms with Crippen LogP contribution in [0.15, 0.2) is 29.1 Å². The number of nitrogens with zero attached hydrogens (tertiary/aromatic N) is 2. The summed E-state index contributed by atoms with van der Waals surface area (Å²) in [6.45, 7) is 6.96. The fourth-order valence-corrected chi connectivity index (χ4v) is 2.51. The van der Waals surface area contributed by atoms with Crippen LogP contribution in [0, 0.1) is 0 Å². The highest BCUT2D eigenvalue weighted by molar-refractivity contribution is 6.20. The number of para-hydroxylation sites is 1. The Morgan fingerprint density at radius 1 is 1.33 bits per heavy atom. The molecule has 2 unspecified atom stereocenters. The Kier molecular flexibility index (Phi) is 5.37. The summed E-state index contributed by atoms with van der Waals surface area (Å²) in [6.07, 6.45) is 0.716. The van der Waals surface area contributed by atoms with Crippen LogP contribution in [0.3, 0.4) is 0 Å². The van der Waals surface area contributed by atoms with Gasteiger partial charge in [0, 0.05) is 6.61 Å². The quantitative estimate of drug-likeness (QED) is 0.765. The van der Waals surface area contributed by atoms with Crippen LogP contribution in [0.5, 0.6) is 0 Å². The molecule has 21 heavy (non-hydrogen) atoms. The van der Waals surface area contributed by atoms with E-state index in [4.69, 9.17) is 16.3 Å². The Bertz CT molecular complexity index is 669. The second-order valence-corrected chi connectivity index (χ2v) is 5.57. The first-order valence-corrected chi connectivity index (χ1v) is 7.76. The zero-order valence-corrected chi connectivity index (χ0v) is 13.4. The first kappa shape index (κ1) is 16.0. The third-order valence-electron chi connectivity index (χ3n) is 3.48. The summed E-state index contributed by atoms with van der Waals surface area (Å²) in [7, 11) is 0. The molecule has 0 fully saturated rings. The molecule has 2 rings (SSSR count). The zero-order chi connectivity index (χ0) is 15.4. The topological polar surface area (TPSA) is 44.1 Å². The first-order chi connectivity index (χ1) is 10.1. The summed E-state index contributed by atoms with van der Waals surface area (Å²) < 4.78 is 7.13. The van der Waals surface area contributed by atoms with Crippen molar-refractivity contribution >= 4 is 22.5 Å². The van der Waals surface area contributed by atoms with Crippen molar-refractivity contribution in [2.45, 2.75) is 38.6 Å². The van der Waals surface area contributed by atoms with E-state index in [2.05, 4.69) is 4.98 Å². The normalized spacial score (nSPS) is 14.3. The van der Waals surface area contributed by atoms with Crippen molar-refractivity contribution in [3.05, 3.63) is 40.4 Å². The number of fused-ring (bicyclic) bond motifs is 1. The van der Waals surface area contributed by atoms with Crippen molar-refractivity contribution in [3.63, 3.8) is 0 Å². The first-order valence-electron chi connectivity index (χ1n) is 7.33. The van der Waals surface area contributed by atoms with Gasteiger partial charge in [-0.3, -0.25) is 9.36 Å². The van der Waals surface area contributed by atoms with Gasteiger partial charge in [0.1, 0.15) is 5.82 Å². The van der Waals surface area contributed by atoms with E-state index in [9.17, 15) is 4.79 Å². The number of ether oxygens (including phenoxy) is 1. The lowest BCUT2D eigenvalue weighted by atomic mass is 10.2. The van der Waals surface area contributed by atoms with Crippen LogP contribution in [0.25, 0.3) is 10.9 Å². The smallest absolute Gasteiger partial charge is 0.261 e. The highest BCUT2D eigenvalue weighted by atomic mass is 35.5. The van der Waals surface area contributed by atoms with Crippen molar-refractivity contribution in [2.75, 3.05) is 13.2 Å². The Morgan fingerprint density at radius 3 is 2.71 bits per heavy atom. The molecule has 0 saturated carbocycles. The summed E-state index contributed by atoms with van der Waals surface area (Å²) in [4.78, 5) is 17.4. The molecule has 1 heterocycles. The van der Waals surface area contributed by atoms with Crippen LogP contribution in [-0.4, -0.2) is 22.8 Å². The Balaban J connectivity index is 2.64. The Morgan fingerprint density at radius 2 is 2.05 bits per heavy atom. The van der Waals surface area contributed by atoms with Crippen LogP contribution < -0.4 is 5.56 Å². The van der Waals surface area contributed by atoms with Crippen molar-refractivity contribution < 1.29 is 4.74 Å². The molecule has 0 aliphatic rings. The van der Waals surface area contributed by atoms with Crippen molar-refractivity contribution in [2.24, 2.45) is 0 Å². The van der Waals surface area contributed by atoms with Gasteiger partial charge in [0.15, 0.2) is 0 Å². The van der Waals surface area contributed by atoms with Crippen LogP contribution in [0.2, 0.25) is 0 Å². The average Bonchev–Trinajstić information content (AvgIpc) is 2.51. The minimum absolute atomic E-state index is 0.0538. The van der Waals surface area contributed by atoms with Crippen molar-refractivity contribution in [1.82, 2.24) is 9.55 Å². The number of halogens is 1. The molecule has 0 bridgehead atoms. The molecule has 2 aromatic rings. The van der Waals surface area contributed by atoms with Gasteiger partial charge in [-0.05, 0) is 32.4 Å². The van der Waals surface area contributed by atoms with Gasteiger partial charge in [-0.2, -0.15) is 0 Å². The molecule has 0 spiro atoms. The molecule has 0 aliphatic carbocycles. The van der Waals surface area contributed by atoms with Gasteiger partial charge in [-0.1, -0.05) is 19.1 Å². The monoisotopic (exact) mass is 308 g/mol. The molecule has 4 nitrogen and oxygen atoms in total. The number of hydrogen-bond donors (Lipinski definition) is 0. The van der Waals surface area contributed by atoms with E-state index in [1.54, 1.807) is 10.6 Å². The maximum atomic E-state index is 12.8. The molecule has 0 radical (unpaired) electrons. The number of benzene rings is 1. The molecular formula is C16H21ClN2O2. The largest absolute Gasteiger partial charge is 0.380 e. The Labute approximate surface area is 129 Å². The molecule has 114 valence electrons. The van der Waals surface area contributed by atoms with E-state index < -0.39 is 0 Å². The lowest BCUT2D eigenvalue weighted by molar-refractivity contribution is 0.116. The predicted octanol–water partition coefficient (Wildman–Crippen LogP) is 3.68. The zero-order valence-electron chi connectivity index (χ0n) is 12.7. The molecule has 0 aliphatic heterocycles. The van der Waals surface area contributed by atoms with Gasteiger partial charge in [0.05, 0.1) is 28.9 Å². The highest BCUT2D eigenvalue weighted by Crippen LogP contribution is 2.25. The second kappa shape index (κ2) is 7.05. The van der Waals surface area contributed by atoms with E-state index in [0.29, 0.717) is 36.4 Å². The minimum atomic E-state index is -0.286. The van der Waals surface area contributed by atoms with E-state index in [-0.39, 0.29) is 17.0 Å². The van der Waals surface area contributed by atoms with Gasteiger partial charge in [0.25, 0.3) is 5.56 Å². The SMILES string of the molecule is CCOCC(C)n1c(C(Cl)CC)nc2ccccc2c1=O. The van der Waals surface area contributed by atoms with Crippen molar-refractivity contribution in [3.8, 4) is 0 Å². The van der Waals surface area contributed by atoms with Crippen LogP contribution in [-0.2, 0) is 4.74 Å². The molecular weight excluding hydrogens is 288 g/mol. The maximum Gasteiger partial charge on any atom is 0.261 e. The summed E-state index contributed by atoms with van der Waals surface area (Å²) in [5.41, 5.74) is 0.637. The van der Waals surface area contributed by atoms with Gasteiger partial charge < -0.3 is 4.74 Å². The van der Waals surface area contributed by atoms with E-state index >= 15 is 0 Å². The van der Waals surface area contributed by atoms with Gasteiger partial charge in [-0.25, -0.2) is 4.98 Å². The molecule has 1 aromatic carbocycles. The molecule has 5 heteroatoms. The van der Waals surface area contributed by atoms with Crippen molar-refractivity contribution in [1.29, 1.82) is 0 Å². The van der Waals surface area contributed by atoms with Gasteiger partial charge in [0.2, 0.25) is 0 Å². The third-order valence-corrected chi connectivity index (χ3v) is 3.98. The number of hydrogen-bond acceptors (Lipinski definition) is 3. The van der Waals surface area contributed by atoms with Crippen LogP contribution in [0.1, 0.15) is 44.4 Å². The third kappa shape index (κ3) is 3.27. The number of aromatic nitrogens is 2. The molecule has 2 atom stereocenters. The second-order valence-electron chi connectivity index (χ2n) is 5.05. The van der Waals surface area contributed by atoms with E-state index in [0.717, 1.165) is 0 Å². The van der Waals surface area contributed by atoms with Crippen LogP contribution in [0.4, 0.5) is 0 Å². The summed E-state index contributed by atoms with van der Waals surface area (Å²) in [5.74, 6) is 0.620. The number of rotatable bonds is 6. The standard InChI is InChI=1S/C16H21ClN2O2/c1-4-13(17)15-18-14-9-7-6-8-12(14)16(20)19(15)11(3)10-21-5-2/h6-9,11,13H,4-5,10H2,1-3H3. The van der Waals surface area contributed by atoms with Gasteiger partial charge in [-0.15, -0.1) is 11.6 Å². The fraction of sp³-hybridized carbons (Fsp3) is 0.500. The van der Waals surface area contributed by atoms with Gasteiger partial charge >= 0.3 is 0 Å². The Hall–Kier alpha value is -1.39. The average molecular weight is 309 g/mol. The lowest BCUT2D eigenvalue weighted by Crippen LogP contribution is -2.31. The molecule has 0 amide bonds. The number of alkyl halides is 1. The highest BCUT2D eigenvalue weighted by Gasteiger charge is 2.20. The molecule has 1 aromatic heterocycles. The fourth-order valence-electron chi connectivity index (χ4n) is 2.36. The lowest BCUT2D eigenvalue weighted by Gasteiger charge is -2.21.